The van der Waals surface area contributed by atoms with Gasteiger partial charge in [-0.3, -0.25) is 4.68 Å². The molecule has 1 N–H and O–H groups in total. The summed E-state index contributed by atoms with van der Waals surface area (Å²) < 4.78 is 7.06. The molecule has 4 nitrogen and oxygen atoms in total. The zero-order chi connectivity index (χ0) is 13.7. The quantitative estimate of drug-likeness (QED) is 0.828. The Labute approximate surface area is 115 Å². The number of nitrogens with zero attached hydrogens (tertiary/aromatic N) is 2. The van der Waals surface area contributed by atoms with Gasteiger partial charge in [-0.1, -0.05) is 18.5 Å². The first-order valence-electron chi connectivity index (χ1n) is 6.33. The molecular weight excluding hydrogens is 250 g/mol. The SMILES string of the molecule is CNC(Cc1c(Cl)c(C)nn1C)CC(C)COC. The number of methoxy groups -OCH3 is 1. The van der Waals surface area contributed by atoms with Gasteiger partial charge in [0, 0.05) is 33.2 Å². The number of ether oxygens (including phenoxy) is 1. The molecule has 1 heterocycles. The van der Waals surface area contributed by atoms with E-state index in [9.17, 15) is 0 Å². The van der Waals surface area contributed by atoms with Crippen molar-refractivity contribution >= 4 is 11.6 Å². The molecule has 0 aliphatic carbocycles. The van der Waals surface area contributed by atoms with Crippen LogP contribution in [0.1, 0.15) is 24.7 Å². The minimum absolute atomic E-state index is 0.391. The largest absolute Gasteiger partial charge is 0.384 e. The molecule has 0 aliphatic rings. The van der Waals surface area contributed by atoms with Gasteiger partial charge >= 0.3 is 0 Å². The van der Waals surface area contributed by atoms with Crippen LogP contribution in [0.25, 0.3) is 0 Å². The van der Waals surface area contributed by atoms with Gasteiger partial charge in [0.2, 0.25) is 0 Å². The highest BCUT2D eigenvalue weighted by Crippen LogP contribution is 2.22. The molecule has 0 saturated carbocycles. The van der Waals surface area contributed by atoms with E-state index in [1.807, 2.05) is 25.7 Å². The van der Waals surface area contributed by atoms with Crippen molar-refractivity contribution in [3.05, 3.63) is 16.4 Å². The predicted molar refractivity (Wildman–Crippen MR) is 75.2 cm³/mol. The Kier molecular flexibility index (Phi) is 6.12. The van der Waals surface area contributed by atoms with E-state index in [0.29, 0.717) is 12.0 Å². The van der Waals surface area contributed by atoms with Crippen LogP contribution in [0.2, 0.25) is 5.02 Å². The fourth-order valence-electron chi connectivity index (χ4n) is 2.28. The minimum atomic E-state index is 0.391. The van der Waals surface area contributed by atoms with Gasteiger partial charge in [0.25, 0.3) is 0 Å². The maximum atomic E-state index is 6.28. The van der Waals surface area contributed by atoms with E-state index in [1.54, 1.807) is 7.11 Å². The van der Waals surface area contributed by atoms with Gasteiger partial charge in [-0.25, -0.2) is 0 Å². The summed E-state index contributed by atoms with van der Waals surface area (Å²) in [7, 11) is 5.67. The van der Waals surface area contributed by atoms with Crippen molar-refractivity contribution < 1.29 is 4.74 Å². The molecule has 0 radical (unpaired) electrons. The molecule has 1 rings (SSSR count). The van der Waals surface area contributed by atoms with E-state index in [-0.39, 0.29) is 0 Å². The fraction of sp³-hybridized carbons (Fsp3) is 0.769. The van der Waals surface area contributed by atoms with Gasteiger partial charge in [-0.15, -0.1) is 0 Å². The third-order valence-corrected chi connectivity index (χ3v) is 3.74. The van der Waals surface area contributed by atoms with Crippen molar-refractivity contribution in [1.29, 1.82) is 0 Å². The predicted octanol–water partition coefficient (Wildman–Crippen LogP) is 2.19. The van der Waals surface area contributed by atoms with Crippen molar-refractivity contribution in [1.82, 2.24) is 15.1 Å². The Morgan fingerprint density at radius 3 is 2.61 bits per heavy atom. The first kappa shape index (κ1) is 15.5. The molecule has 0 aliphatic heterocycles. The molecule has 2 atom stereocenters. The molecule has 2 unspecified atom stereocenters. The van der Waals surface area contributed by atoms with Gasteiger partial charge in [-0.05, 0) is 26.3 Å². The fourth-order valence-corrected chi connectivity index (χ4v) is 2.51. The average Bonchev–Trinajstić information content (AvgIpc) is 2.55. The topological polar surface area (TPSA) is 39.1 Å². The smallest absolute Gasteiger partial charge is 0.0847 e. The second-order valence-electron chi connectivity index (χ2n) is 4.96. The van der Waals surface area contributed by atoms with E-state index in [4.69, 9.17) is 16.3 Å². The number of likely N-dealkylation sites (N-methyl/N-ethyl adjacent to an activating group) is 1. The summed E-state index contributed by atoms with van der Waals surface area (Å²) in [5, 5.41) is 8.48. The Bertz CT molecular complexity index is 379. The number of aromatic nitrogens is 2. The molecule has 104 valence electrons. The lowest BCUT2D eigenvalue weighted by molar-refractivity contribution is 0.149. The van der Waals surface area contributed by atoms with Crippen LogP contribution in [-0.2, 0) is 18.2 Å². The highest BCUT2D eigenvalue weighted by molar-refractivity contribution is 6.31. The molecular formula is C13H24ClN3O. The normalized spacial score (nSPS) is 14.8. The number of nitrogens with one attached hydrogen (secondary N) is 1. The van der Waals surface area contributed by atoms with Crippen LogP contribution >= 0.6 is 11.6 Å². The zero-order valence-electron chi connectivity index (χ0n) is 12.0. The summed E-state index contributed by atoms with van der Waals surface area (Å²) in [5.74, 6) is 0.528. The molecule has 0 fully saturated rings. The molecule has 0 amide bonds. The maximum absolute atomic E-state index is 6.28. The van der Waals surface area contributed by atoms with Gasteiger partial charge in [-0.2, -0.15) is 5.10 Å². The van der Waals surface area contributed by atoms with Gasteiger partial charge in [0.15, 0.2) is 0 Å². The first-order chi connectivity index (χ1) is 8.49. The Morgan fingerprint density at radius 2 is 2.17 bits per heavy atom. The monoisotopic (exact) mass is 273 g/mol. The Balaban J connectivity index is 2.68. The van der Waals surface area contributed by atoms with E-state index in [1.165, 1.54) is 0 Å². The average molecular weight is 274 g/mol. The summed E-state index contributed by atoms with van der Waals surface area (Å²) in [6.45, 7) is 4.92. The zero-order valence-corrected chi connectivity index (χ0v) is 12.7. The summed E-state index contributed by atoms with van der Waals surface area (Å²) in [5.41, 5.74) is 1.99. The van der Waals surface area contributed by atoms with Crippen LogP contribution in [0.4, 0.5) is 0 Å². The first-order valence-corrected chi connectivity index (χ1v) is 6.71. The number of aryl methyl sites for hydroxylation is 2. The van der Waals surface area contributed by atoms with Crippen molar-refractivity contribution in [3.8, 4) is 0 Å². The van der Waals surface area contributed by atoms with Crippen LogP contribution in [0.3, 0.4) is 0 Å². The number of hydrogen-bond donors (Lipinski definition) is 1. The lowest BCUT2D eigenvalue weighted by atomic mass is 9.99. The van der Waals surface area contributed by atoms with E-state index < -0.39 is 0 Å². The highest BCUT2D eigenvalue weighted by Gasteiger charge is 2.18. The van der Waals surface area contributed by atoms with Gasteiger partial charge < -0.3 is 10.1 Å². The molecule has 1 aromatic rings. The van der Waals surface area contributed by atoms with Crippen molar-refractivity contribution in [2.24, 2.45) is 13.0 Å². The molecule has 18 heavy (non-hydrogen) atoms. The van der Waals surface area contributed by atoms with Crippen LogP contribution in [-0.4, -0.2) is 36.6 Å². The van der Waals surface area contributed by atoms with Crippen molar-refractivity contribution in [2.45, 2.75) is 32.7 Å². The second-order valence-corrected chi connectivity index (χ2v) is 5.33. The van der Waals surface area contributed by atoms with Gasteiger partial charge in [0.1, 0.15) is 0 Å². The van der Waals surface area contributed by atoms with Crippen LogP contribution in [0.5, 0.6) is 0 Å². The third-order valence-electron chi connectivity index (χ3n) is 3.25. The summed E-state index contributed by atoms with van der Waals surface area (Å²) in [6.07, 6.45) is 1.95. The van der Waals surface area contributed by atoms with Gasteiger partial charge in [0.05, 0.1) is 16.4 Å². The standard InChI is InChI=1S/C13H24ClN3O/c1-9(8-18-5)6-11(15-3)7-12-13(14)10(2)16-17(12)4/h9,11,15H,6-8H2,1-5H3. The minimum Gasteiger partial charge on any atom is -0.384 e. The number of hydrogen-bond acceptors (Lipinski definition) is 3. The van der Waals surface area contributed by atoms with Crippen molar-refractivity contribution in [2.75, 3.05) is 20.8 Å². The van der Waals surface area contributed by atoms with E-state index >= 15 is 0 Å². The van der Waals surface area contributed by atoms with Crippen LogP contribution < -0.4 is 5.32 Å². The van der Waals surface area contributed by atoms with E-state index in [2.05, 4.69) is 17.3 Å². The summed E-state index contributed by atoms with van der Waals surface area (Å²) >= 11 is 6.28. The Morgan fingerprint density at radius 1 is 1.50 bits per heavy atom. The molecule has 0 saturated heterocycles. The molecule has 5 heteroatoms. The number of rotatable bonds is 7. The summed E-state index contributed by atoms with van der Waals surface area (Å²) in [6, 6.07) is 0.391. The second kappa shape index (κ2) is 7.12. The highest BCUT2D eigenvalue weighted by atomic mass is 35.5. The Hall–Kier alpha value is -0.580. The van der Waals surface area contributed by atoms with Crippen LogP contribution in [0.15, 0.2) is 0 Å². The molecule has 0 spiro atoms. The van der Waals surface area contributed by atoms with E-state index in [0.717, 1.165) is 35.9 Å². The van der Waals surface area contributed by atoms with Crippen molar-refractivity contribution in [3.63, 3.8) is 0 Å². The lowest BCUT2D eigenvalue weighted by Crippen LogP contribution is -2.31. The lowest BCUT2D eigenvalue weighted by Gasteiger charge is -2.20. The maximum Gasteiger partial charge on any atom is 0.0847 e. The third kappa shape index (κ3) is 3.97. The number of halogens is 1. The molecule has 0 aromatic carbocycles. The molecule has 1 aromatic heterocycles. The summed E-state index contributed by atoms with van der Waals surface area (Å²) in [4.78, 5) is 0. The van der Waals surface area contributed by atoms with Crippen LogP contribution in [0, 0.1) is 12.8 Å². The molecule has 0 bridgehead atoms.